The lowest BCUT2D eigenvalue weighted by Gasteiger charge is -2.37. The number of hydrogen-bond acceptors (Lipinski definition) is 3. The minimum atomic E-state index is 0.846. The van der Waals surface area contributed by atoms with Crippen molar-refractivity contribution >= 4 is 0 Å². The van der Waals surface area contributed by atoms with Gasteiger partial charge in [0, 0.05) is 26.4 Å². The molecule has 3 nitrogen and oxygen atoms in total. The molecule has 2 fully saturated rings. The Hall–Kier alpha value is -0.120. The highest BCUT2D eigenvalue weighted by Gasteiger charge is 2.27. The average molecular weight is 241 g/mol. The van der Waals surface area contributed by atoms with Gasteiger partial charge in [-0.1, -0.05) is 0 Å². The molecule has 3 heteroatoms. The molecule has 0 aliphatic carbocycles. The third-order valence-corrected chi connectivity index (χ3v) is 4.32. The first-order chi connectivity index (χ1) is 8.40. The van der Waals surface area contributed by atoms with Crippen molar-refractivity contribution in [3.8, 4) is 0 Å². The average Bonchev–Trinajstić information content (AvgIpc) is 2.41. The number of hydrogen-bond donors (Lipinski definition) is 0. The van der Waals surface area contributed by atoms with E-state index >= 15 is 0 Å². The second-order valence-electron chi connectivity index (χ2n) is 5.33. The fourth-order valence-electron chi connectivity index (χ4n) is 3.17. The summed E-state index contributed by atoms with van der Waals surface area (Å²) < 4.78 is 10.9. The Kier molecular flexibility index (Phi) is 5.75. The second-order valence-corrected chi connectivity index (χ2v) is 5.33. The van der Waals surface area contributed by atoms with Crippen molar-refractivity contribution in [1.82, 2.24) is 4.90 Å². The Labute approximate surface area is 105 Å². The first-order valence-corrected chi connectivity index (χ1v) is 7.28. The topological polar surface area (TPSA) is 21.7 Å². The van der Waals surface area contributed by atoms with E-state index in [0.29, 0.717) is 0 Å². The molecule has 0 bridgehead atoms. The van der Waals surface area contributed by atoms with Gasteiger partial charge < -0.3 is 14.4 Å². The highest BCUT2D eigenvalue weighted by atomic mass is 16.5. The maximum absolute atomic E-state index is 5.45. The Morgan fingerprint density at radius 1 is 1.06 bits per heavy atom. The summed E-state index contributed by atoms with van der Waals surface area (Å²) in [7, 11) is 0. The fourth-order valence-corrected chi connectivity index (χ4v) is 3.17. The lowest BCUT2D eigenvalue weighted by atomic mass is 9.80. The largest absolute Gasteiger partial charge is 0.381 e. The van der Waals surface area contributed by atoms with Crippen molar-refractivity contribution in [2.24, 2.45) is 11.8 Å². The molecule has 0 aromatic heterocycles. The van der Waals surface area contributed by atoms with E-state index in [1.807, 2.05) is 0 Å². The summed E-state index contributed by atoms with van der Waals surface area (Å²) in [4.78, 5) is 2.56. The molecule has 0 spiro atoms. The van der Waals surface area contributed by atoms with Crippen molar-refractivity contribution < 1.29 is 9.47 Å². The molecular formula is C14H27NO2. The van der Waals surface area contributed by atoms with E-state index in [9.17, 15) is 0 Å². The summed E-state index contributed by atoms with van der Waals surface area (Å²) in [5.41, 5.74) is 0. The van der Waals surface area contributed by atoms with Crippen LogP contribution in [0.15, 0.2) is 0 Å². The third-order valence-electron chi connectivity index (χ3n) is 4.32. The molecule has 17 heavy (non-hydrogen) atoms. The first-order valence-electron chi connectivity index (χ1n) is 7.28. The molecule has 0 aromatic rings. The van der Waals surface area contributed by atoms with Crippen molar-refractivity contribution in [2.45, 2.75) is 32.6 Å². The lowest BCUT2D eigenvalue weighted by Crippen LogP contribution is -2.39. The predicted octanol–water partition coefficient (Wildman–Crippen LogP) is 2.16. The summed E-state index contributed by atoms with van der Waals surface area (Å²) in [6.07, 6.45) is 5.36. The van der Waals surface area contributed by atoms with E-state index in [1.54, 1.807) is 0 Å². The molecule has 2 aliphatic heterocycles. The van der Waals surface area contributed by atoms with Crippen LogP contribution in [0.3, 0.4) is 0 Å². The Bertz CT molecular complexity index is 196. The van der Waals surface area contributed by atoms with Gasteiger partial charge in [-0.25, -0.2) is 0 Å². The lowest BCUT2D eigenvalue weighted by molar-refractivity contribution is 0.0262. The zero-order valence-corrected chi connectivity index (χ0v) is 11.2. The van der Waals surface area contributed by atoms with Gasteiger partial charge in [-0.15, -0.1) is 0 Å². The van der Waals surface area contributed by atoms with Crippen LogP contribution in [-0.4, -0.2) is 51.0 Å². The Morgan fingerprint density at radius 3 is 2.35 bits per heavy atom. The standard InChI is InChI=1S/C14H27NO2/c1-2-16-12-9-15-7-3-13(4-8-15)14-5-10-17-11-6-14/h13-14H,2-12H2,1H3. The highest BCUT2D eigenvalue weighted by molar-refractivity contribution is 4.79. The van der Waals surface area contributed by atoms with E-state index in [-0.39, 0.29) is 0 Å². The fraction of sp³-hybridized carbons (Fsp3) is 1.00. The molecule has 100 valence electrons. The summed E-state index contributed by atoms with van der Waals surface area (Å²) in [5.74, 6) is 1.90. The van der Waals surface area contributed by atoms with E-state index in [1.165, 1.54) is 38.8 Å². The van der Waals surface area contributed by atoms with Gasteiger partial charge in [-0.05, 0) is 57.5 Å². The third kappa shape index (κ3) is 4.23. The number of ether oxygens (including phenoxy) is 2. The van der Waals surface area contributed by atoms with Crippen LogP contribution in [0.2, 0.25) is 0 Å². The second kappa shape index (κ2) is 7.34. The van der Waals surface area contributed by atoms with Gasteiger partial charge in [0.25, 0.3) is 0 Å². The van der Waals surface area contributed by atoms with Gasteiger partial charge in [0.1, 0.15) is 0 Å². The summed E-state index contributed by atoms with van der Waals surface area (Å²) in [5, 5.41) is 0. The molecule has 2 saturated heterocycles. The smallest absolute Gasteiger partial charge is 0.0593 e. The highest BCUT2D eigenvalue weighted by Crippen LogP contribution is 2.31. The number of likely N-dealkylation sites (tertiary alicyclic amines) is 1. The van der Waals surface area contributed by atoms with E-state index in [0.717, 1.165) is 44.8 Å². The van der Waals surface area contributed by atoms with Crippen LogP contribution in [0, 0.1) is 11.8 Å². The minimum absolute atomic E-state index is 0.846. The van der Waals surface area contributed by atoms with Crippen LogP contribution in [0.5, 0.6) is 0 Å². The zero-order chi connectivity index (χ0) is 11.9. The van der Waals surface area contributed by atoms with E-state index in [2.05, 4.69) is 11.8 Å². The van der Waals surface area contributed by atoms with Crippen molar-refractivity contribution in [3.63, 3.8) is 0 Å². The van der Waals surface area contributed by atoms with E-state index < -0.39 is 0 Å². The molecule has 0 unspecified atom stereocenters. The van der Waals surface area contributed by atoms with Gasteiger partial charge in [-0.3, -0.25) is 0 Å². The van der Waals surface area contributed by atoms with Crippen molar-refractivity contribution in [1.29, 1.82) is 0 Å². The molecule has 0 atom stereocenters. The quantitative estimate of drug-likeness (QED) is 0.689. The molecule has 0 radical (unpaired) electrons. The molecular weight excluding hydrogens is 214 g/mol. The van der Waals surface area contributed by atoms with Crippen LogP contribution in [-0.2, 0) is 9.47 Å². The SMILES string of the molecule is CCOCCN1CCC(C2CCOCC2)CC1. The van der Waals surface area contributed by atoms with Gasteiger partial charge in [0.05, 0.1) is 6.61 Å². The predicted molar refractivity (Wildman–Crippen MR) is 69.2 cm³/mol. The van der Waals surface area contributed by atoms with Crippen molar-refractivity contribution in [2.75, 3.05) is 46.1 Å². The number of rotatable bonds is 5. The molecule has 0 N–H and O–H groups in total. The first kappa shape index (κ1) is 13.3. The molecule has 0 aromatic carbocycles. The minimum Gasteiger partial charge on any atom is -0.381 e. The molecule has 2 heterocycles. The van der Waals surface area contributed by atoms with Gasteiger partial charge >= 0.3 is 0 Å². The summed E-state index contributed by atoms with van der Waals surface area (Å²) in [6.45, 7) is 9.47. The molecule has 2 rings (SSSR count). The normalized spacial score (nSPS) is 25.2. The Morgan fingerprint density at radius 2 is 1.71 bits per heavy atom. The number of piperidine rings is 1. The van der Waals surface area contributed by atoms with Crippen molar-refractivity contribution in [3.05, 3.63) is 0 Å². The molecule has 0 saturated carbocycles. The van der Waals surface area contributed by atoms with Crippen LogP contribution in [0.4, 0.5) is 0 Å². The number of nitrogens with zero attached hydrogens (tertiary/aromatic N) is 1. The zero-order valence-electron chi connectivity index (χ0n) is 11.2. The maximum Gasteiger partial charge on any atom is 0.0593 e. The van der Waals surface area contributed by atoms with Gasteiger partial charge in [0.15, 0.2) is 0 Å². The van der Waals surface area contributed by atoms with Gasteiger partial charge in [-0.2, -0.15) is 0 Å². The monoisotopic (exact) mass is 241 g/mol. The molecule has 2 aliphatic rings. The van der Waals surface area contributed by atoms with Crippen LogP contribution in [0.25, 0.3) is 0 Å². The van der Waals surface area contributed by atoms with E-state index in [4.69, 9.17) is 9.47 Å². The van der Waals surface area contributed by atoms with Crippen LogP contribution in [0.1, 0.15) is 32.6 Å². The Balaban J connectivity index is 1.63. The van der Waals surface area contributed by atoms with Gasteiger partial charge in [0.2, 0.25) is 0 Å². The molecule has 0 amide bonds. The summed E-state index contributed by atoms with van der Waals surface area (Å²) >= 11 is 0. The van der Waals surface area contributed by atoms with Crippen LogP contribution < -0.4 is 0 Å². The summed E-state index contributed by atoms with van der Waals surface area (Å²) in [6, 6.07) is 0. The maximum atomic E-state index is 5.45. The van der Waals surface area contributed by atoms with Crippen LogP contribution >= 0.6 is 0 Å².